The third-order valence-electron chi connectivity index (χ3n) is 3.87. The molecule has 0 fully saturated rings. The number of anilines is 1. The van der Waals surface area contributed by atoms with Gasteiger partial charge in [-0.3, -0.25) is 14.4 Å². The van der Waals surface area contributed by atoms with Crippen LogP contribution in [0.1, 0.15) is 25.8 Å². The first kappa shape index (κ1) is 16.0. The van der Waals surface area contributed by atoms with Crippen LogP contribution in [0.25, 0.3) is 0 Å². The molecule has 118 valence electrons. The zero-order valence-corrected chi connectivity index (χ0v) is 13.0. The molecule has 1 N–H and O–H groups in total. The molecule has 0 saturated carbocycles. The van der Waals surface area contributed by atoms with Crippen LogP contribution in [-0.2, 0) is 24.5 Å². The number of para-hydroxylation sites is 1. The van der Waals surface area contributed by atoms with E-state index in [0.717, 1.165) is 11.3 Å². The van der Waals surface area contributed by atoms with Crippen LogP contribution in [-0.4, -0.2) is 38.0 Å². The van der Waals surface area contributed by atoms with Gasteiger partial charge in [0.05, 0.1) is 12.5 Å². The maximum atomic E-state index is 12.5. The molecule has 0 atom stereocenters. The van der Waals surface area contributed by atoms with Gasteiger partial charge in [-0.2, -0.15) is 0 Å². The lowest BCUT2D eigenvalue weighted by atomic mass is 9.86. The lowest BCUT2D eigenvalue weighted by Gasteiger charge is -2.20. The second-order valence-electron chi connectivity index (χ2n) is 5.70. The first-order valence-electron chi connectivity index (χ1n) is 7.13. The maximum Gasteiger partial charge on any atom is 0.325 e. The van der Waals surface area contributed by atoms with Crippen LogP contribution in [0.3, 0.4) is 0 Å². The van der Waals surface area contributed by atoms with Crippen LogP contribution < -0.4 is 10.2 Å². The van der Waals surface area contributed by atoms with E-state index in [-0.39, 0.29) is 31.3 Å². The van der Waals surface area contributed by atoms with Crippen LogP contribution in [0.5, 0.6) is 0 Å². The average Bonchev–Trinajstić information content (AvgIpc) is 2.71. The summed E-state index contributed by atoms with van der Waals surface area (Å²) < 4.78 is 4.45. The number of hydrogen-bond donors (Lipinski definition) is 1. The van der Waals surface area contributed by atoms with Crippen molar-refractivity contribution in [1.82, 2.24) is 5.32 Å². The van der Waals surface area contributed by atoms with Crippen LogP contribution in [0.4, 0.5) is 5.69 Å². The van der Waals surface area contributed by atoms with Gasteiger partial charge in [0, 0.05) is 18.7 Å². The van der Waals surface area contributed by atoms with E-state index in [1.54, 1.807) is 4.90 Å². The Balaban J connectivity index is 2.01. The fourth-order valence-corrected chi connectivity index (χ4v) is 2.57. The minimum Gasteiger partial charge on any atom is -0.468 e. The number of carbonyl (C=O) groups excluding carboxylic acids is 3. The third kappa shape index (κ3) is 2.95. The van der Waals surface area contributed by atoms with Crippen molar-refractivity contribution in [3.8, 4) is 0 Å². The molecule has 0 radical (unpaired) electrons. The van der Waals surface area contributed by atoms with Gasteiger partial charge in [0.1, 0.15) is 6.54 Å². The number of benzene rings is 1. The highest BCUT2D eigenvalue weighted by atomic mass is 16.5. The van der Waals surface area contributed by atoms with Crippen LogP contribution >= 0.6 is 0 Å². The molecule has 0 bridgehead atoms. The highest BCUT2D eigenvalue weighted by Crippen LogP contribution is 2.41. The zero-order valence-electron chi connectivity index (χ0n) is 13.0. The van der Waals surface area contributed by atoms with E-state index < -0.39 is 11.4 Å². The van der Waals surface area contributed by atoms with Gasteiger partial charge in [-0.05, 0) is 25.5 Å². The molecular formula is C16H20N2O4. The van der Waals surface area contributed by atoms with Crippen molar-refractivity contribution < 1.29 is 19.1 Å². The number of hydrogen-bond acceptors (Lipinski definition) is 4. The Morgan fingerprint density at radius 3 is 2.64 bits per heavy atom. The summed E-state index contributed by atoms with van der Waals surface area (Å²) in [6, 6.07) is 7.59. The smallest absolute Gasteiger partial charge is 0.325 e. The topological polar surface area (TPSA) is 75.7 Å². The SMILES string of the molecule is COC(=O)CNC(=O)CCN1C(=O)C(C)(C)c2ccccc21. The van der Waals surface area contributed by atoms with Crippen molar-refractivity contribution in [1.29, 1.82) is 0 Å². The second kappa shape index (κ2) is 6.17. The minimum atomic E-state index is -0.584. The average molecular weight is 304 g/mol. The number of carbonyl (C=O) groups is 3. The lowest BCUT2D eigenvalue weighted by Crippen LogP contribution is -2.39. The zero-order chi connectivity index (χ0) is 16.3. The molecule has 22 heavy (non-hydrogen) atoms. The molecule has 1 aliphatic heterocycles. The summed E-state index contributed by atoms with van der Waals surface area (Å²) >= 11 is 0. The Morgan fingerprint density at radius 2 is 1.95 bits per heavy atom. The molecule has 2 rings (SSSR count). The molecule has 1 aromatic rings. The molecule has 0 aliphatic carbocycles. The highest BCUT2D eigenvalue weighted by Gasteiger charge is 2.43. The van der Waals surface area contributed by atoms with Crippen molar-refractivity contribution >= 4 is 23.5 Å². The molecule has 1 aromatic carbocycles. The number of nitrogens with zero attached hydrogens (tertiary/aromatic N) is 1. The van der Waals surface area contributed by atoms with E-state index in [1.807, 2.05) is 38.1 Å². The number of fused-ring (bicyclic) bond motifs is 1. The van der Waals surface area contributed by atoms with Gasteiger partial charge in [-0.25, -0.2) is 0 Å². The Labute approximate surface area is 129 Å². The standard InChI is InChI=1S/C16H20N2O4/c1-16(2)11-6-4-5-7-12(11)18(15(16)21)9-8-13(19)17-10-14(20)22-3/h4-7H,8-10H2,1-3H3,(H,17,19). The Morgan fingerprint density at radius 1 is 1.27 bits per heavy atom. The highest BCUT2D eigenvalue weighted by molar-refractivity contribution is 6.07. The van der Waals surface area contributed by atoms with Gasteiger partial charge < -0.3 is 15.0 Å². The minimum absolute atomic E-state index is 0.0190. The van der Waals surface area contributed by atoms with E-state index in [1.165, 1.54) is 7.11 Å². The van der Waals surface area contributed by atoms with Gasteiger partial charge in [0.2, 0.25) is 11.8 Å². The number of ether oxygens (including phenoxy) is 1. The van der Waals surface area contributed by atoms with E-state index in [4.69, 9.17) is 0 Å². The van der Waals surface area contributed by atoms with Crippen molar-refractivity contribution in [2.45, 2.75) is 25.7 Å². The predicted molar refractivity (Wildman–Crippen MR) is 81.5 cm³/mol. The number of methoxy groups -OCH3 is 1. The van der Waals surface area contributed by atoms with Gasteiger partial charge in [0.25, 0.3) is 0 Å². The Kier molecular flexibility index (Phi) is 4.49. The number of nitrogens with one attached hydrogen (secondary N) is 1. The molecule has 0 aromatic heterocycles. The molecule has 6 heteroatoms. The van der Waals surface area contributed by atoms with E-state index in [9.17, 15) is 14.4 Å². The molecule has 2 amide bonds. The van der Waals surface area contributed by atoms with E-state index in [0.29, 0.717) is 0 Å². The molecule has 6 nitrogen and oxygen atoms in total. The lowest BCUT2D eigenvalue weighted by molar-refractivity contribution is -0.141. The van der Waals surface area contributed by atoms with Crippen molar-refractivity contribution in [3.05, 3.63) is 29.8 Å². The quantitative estimate of drug-likeness (QED) is 0.823. The summed E-state index contributed by atoms with van der Waals surface area (Å²) in [5, 5.41) is 2.47. The summed E-state index contributed by atoms with van der Waals surface area (Å²) in [5.41, 5.74) is 1.23. The first-order valence-corrected chi connectivity index (χ1v) is 7.13. The van der Waals surface area contributed by atoms with Crippen molar-refractivity contribution in [2.24, 2.45) is 0 Å². The largest absolute Gasteiger partial charge is 0.468 e. The molecule has 0 spiro atoms. The van der Waals surface area contributed by atoms with Gasteiger partial charge in [-0.1, -0.05) is 18.2 Å². The van der Waals surface area contributed by atoms with Crippen LogP contribution in [0.15, 0.2) is 24.3 Å². The fraction of sp³-hybridized carbons (Fsp3) is 0.438. The van der Waals surface area contributed by atoms with Crippen molar-refractivity contribution in [3.63, 3.8) is 0 Å². The van der Waals surface area contributed by atoms with Gasteiger partial charge in [-0.15, -0.1) is 0 Å². The molecule has 0 saturated heterocycles. The van der Waals surface area contributed by atoms with Gasteiger partial charge >= 0.3 is 5.97 Å². The normalized spacial score (nSPS) is 15.4. The molecule has 1 heterocycles. The third-order valence-corrected chi connectivity index (χ3v) is 3.87. The number of amides is 2. The summed E-state index contributed by atoms with van der Waals surface area (Å²) in [5.74, 6) is -0.813. The summed E-state index contributed by atoms with van der Waals surface area (Å²) in [6.07, 6.45) is 0.132. The predicted octanol–water partition coefficient (Wildman–Crippen LogP) is 0.990. The monoisotopic (exact) mass is 304 g/mol. The first-order chi connectivity index (χ1) is 10.4. The Hall–Kier alpha value is -2.37. The summed E-state index contributed by atoms with van der Waals surface area (Å²) in [7, 11) is 1.26. The second-order valence-corrected chi connectivity index (χ2v) is 5.70. The number of esters is 1. The Bertz CT molecular complexity index is 610. The van der Waals surface area contributed by atoms with E-state index >= 15 is 0 Å². The summed E-state index contributed by atoms with van der Waals surface area (Å²) in [6.45, 7) is 3.88. The number of rotatable bonds is 5. The van der Waals surface area contributed by atoms with Crippen molar-refractivity contribution in [2.75, 3.05) is 25.1 Å². The molecular weight excluding hydrogens is 284 g/mol. The van der Waals surface area contributed by atoms with Crippen LogP contribution in [0.2, 0.25) is 0 Å². The van der Waals surface area contributed by atoms with Gasteiger partial charge in [0.15, 0.2) is 0 Å². The maximum absolute atomic E-state index is 12.5. The van der Waals surface area contributed by atoms with Crippen LogP contribution in [0, 0.1) is 0 Å². The molecule has 0 unspecified atom stereocenters. The summed E-state index contributed by atoms with van der Waals surface area (Å²) in [4.78, 5) is 36.9. The molecule has 1 aliphatic rings. The van der Waals surface area contributed by atoms with E-state index in [2.05, 4.69) is 10.1 Å². The fourth-order valence-electron chi connectivity index (χ4n) is 2.57.